The van der Waals surface area contributed by atoms with Crippen molar-refractivity contribution >= 4 is 16.9 Å². The van der Waals surface area contributed by atoms with Gasteiger partial charge in [0.25, 0.3) is 0 Å². The van der Waals surface area contributed by atoms with Crippen LogP contribution in [0.1, 0.15) is 35.7 Å². The van der Waals surface area contributed by atoms with Crippen molar-refractivity contribution in [2.45, 2.75) is 19.8 Å². The maximum atomic E-state index is 11.5. The summed E-state index contributed by atoms with van der Waals surface area (Å²) in [5.41, 5.74) is 3.85. The first kappa shape index (κ1) is 14.3. The fourth-order valence-electron chi connectivity index (χ4n) is 2.54. The molecule has 3 rings (SSSR count). The number of carboxylic acids is 1. The summed E-state index contributed by atoms with van der Waals surface area (Å²) < 4.78 is 0. The number of fused-ring (bicyclic) bond motifs is 1. The summed E-state index contributed by atoms with van der Waals surface area (Å²) in [6, 6.07) is 17.1. The fraction of sp³-hybridized carbons (Fsp3) is 0.158. The number of hydrogen-bond donors (Lipinski definition) is 1. The number of aromatic nitrogens is 1. The minimum absolute atomic E-state index is 0.286. The number of carbonyl (C=O) groups is 1. The molecule has 0 aliphatic rings. The van der Waals surface area contributed by atoms with Crippen LogP contribution >= 0.6 is 0 Å². The highest BCUT2D eigenvalue weighted by atomic mass is 16.4. The van der Waals surface area contributed by atoms with E-state index in [-0.39, 0.29) is 5.56 Å². The fourth-order valence-corrected chi connectivity index (χ4v) is 2.54. The third-order valence-corrected chi connectivity index (χ3v) is 3.82. The topological polar surface area (TPSA) is 50.2 Å². The average molecular weight is 291 g/mol. The Morgan fingerprint density at radius 1 is 1.05 bits per heavy atom. The van der Waals surface area contributed by atoms with E-state index in [4.69, 9.17) is 0 Å². The summed E-state index contributed by atoms with van der Waals surface area (Å²) in [5.74, 6) is -0.466. The largest absolute Gasteiger partial charge is 0.478 e. The van der Waals surface area contributed by atoms with Gasteiger partial charge in [-0.1, -0.05) is 56.3 Å². The van der Waals surface area contributed by atoms with Crippen molar-refractivity contribution in [3.63, 3.8) is 0 Å². The maximum Gasteiger partial charge on any atom is 0.336 e. The van der Waals surface area contributed by atoms with E-state index in [2.05, 4.69) is 31.0 Å². The Kier molecular flexibility index (Phi) is 3.63. The van der Waals surface area contributed by atoms with Gasteiger partial charge in [0.1, 0.15) is 0 Å². The van der Waals surface area contributed by atoms with Gasteiger partial charge in [-0.25, -0.2) is 9.78 Å². The van der Waals surface area contributed by atoms with Crippen LogP contribution in [0.3, 0.4) is 0 Å². The molecule has 0 atom stereocenters. The highest BCUT2D eigenvalue weighted by molar-refractivity contribution is 6.03. The smallest absolute Gasteiger partial charge is 0.336 e. The molecule has 1 heterocycles. The third-order valence-electron chi connectivity index (χ3n) is 3.82. The summed E-state index contributed by atoms with van der Waals surface area (Å²) in [6.45, 7) is 4.29. The summed E-state index contributed by atoms with van der Waals surface area (Å²) in [7, 11) is 0. The number of pyridine rings is 1. The zero-order chi connectivity index (χ0) is 15.7. The summed E-state index contributed by atoms with van der Waals surface area (Å²) >= 11 is 0. The van der Waals surface area contributed by atoms with Gasteiger partial charge < -0.3 is 5.11 Å². The van der Waals surface area contributed by atoms with Gasteiger partial charge in [-0.3, -0.25) is 0 Å². The Balaban J connectivity index is 2.16. The monoisotopic (exact) mass is 291 g/mol. The number of aromatic carboxylic acids is 1. The van der Waals surface area contributed by atoms with E-state index in [1.807, 2.05) is 30.3 Å². The number of para-hydroxylation sites is 1. The predicted molar refractivity (Wildman–Crippen MR) is 88.2 cm³/mol. The molecule has 3 aromatic rings. The number of hydrogen-bond acceptors (Lipinski definition) is 2. The number of nitrogens with zero attached hydrogens (tertiary/aromatic N) is 1. The molecule has 3 nitrogen and oxygen atoms in total. The van der Waals surface area contributed by atoms with Gasteiger partial charge in [0.05, 0.1) is 16.8 Å². The van der Waals surface area contributed by atoms with Crippen molar-refractivity contribution in [1.82, 2.24) is 4.98 Å². The molecule has 0 saturated heterocycles. The molecule has 1 aromatic heterocycles. The van der Waals surface area contributed by atoms with Crippen molar-refractivity contribution in [3.8, 4) is 11.3 Å². The molecule has 0 unspecified atom stereocenters. The van der Waals surface area contributed by atoms with Crippen molar-refractivity contribution < 1.29 is 9.90 Å². The zero-order valence-electron chi connectivity index (χ0n) is 12.6. The van der Waals surface area contributed by atoms with Crippen molar-refractivity contribution in [2.24, 2.45) is 0 Å². The van der Waals surface area contributed by atoms with Gasteiger partial charge in [-0.2, -0.15) is 0 Å². The molecule has 0 saturated carbocycles. The van der Waals surface area contributed by atoms with E-state index in [0.29, 0.717) is 22.5 Å². The Morgan fingerprint density at radius 2 is 1.73 bits per heavy atom. The van der Waals surface area contributed by atoms with Gasteiger partial charge in [0.15, 0.2) is 0 Å². The predicted octanol–water partition coefficient (Wildman–Crippen LogP) is 4.72. The molecule has 110 valence electrons. The lowest BCUT2D eigenvalue weighted by Gasteiger charge is -2.09. The normalized spacial score (nSPS) is 11.0. The van der Waals surface area contributed by atoms with Gasteiger partial charge in [-0.05, 0) is 23.6 Å². The average Bonchev–Trinajstić information content (AvgIpc) is 2.53. The molecule has 0 aliphatic heterocycles. The molecular weight excluding hydrogens is 274 g/mol. The van der Waals surface area contributed by atoms with Crippen LogP contribution in [0.25, 0.3) is 22.2 Å². The molecule has 22 heavy (non-hydrogen) atoms. The molecule has 0 spiro atoms. The number of carboxylic acid groups (broad SMARTS) is 1. The summed E-state index contributed by atoms with van der Waals surface area (Å²) in [5, 5.41) is 10.1. The zero-order valence-corrected chi connectivity index (χ0v) is 12.6. The second kappa shape index (κ2) is 5.60. The first-order valence-electron chi connectivity index (χ1n) is 7.29. The van der Waals surface area contributed by atoms with Crippen LogP contribution in [0, 0.1) is 0 Å². The van der Waals surface area contributed by atoms with Crippen LogP contribution in [-0.2, 0) is 0 Å². The van der Waals surface area contributed by atoms with E-state index < -0.39 is 5.97 Å². The lowest BCUT2D eigenvalue weighted by atomic mass is 9.99. The highest BCUT2D eigenvalue weighted by Gasteiger charge is 2.12. The maximum absolute atomic E-state index is 11.5. The molecule has 0 fully saturated rings. The van der Waals surface area contributed by atoms with Crippen molar-refractivity contribution in [1.29, 1.82) is 0 Å². The summed E-state index contributed by atoms with van der Waals surface area (Å²) in [6.07, 6.45) is 0. The number of benzene rings is 2. The Hall–Kier alpha value is -2.68. The molecule has 0 bridgehead atoms. The van der Waals surface area contributed by atoms with E-state index in [0.717, 1.165) is 5.56 Å². The van der Waals surface area contributed by atoms with E-state index in [1.165, 1.54) is 5.56 Å². The van der Waals surface area contributed by atoms with Crippen molar-refractivity contribution in [2.75, 3.05) is 0 Å². The number of rotatable bonds is 3. The minimum Gasteiger partial charge on any atom is -0.478 e. The second-order valence-electron chi connectivity index (χ2n) is 5.65. The molecule has 2 aromatic carbocycles. The lowest BCUT2D eigenvalue weighted by Crippen LogP contribution is -2.00. The molecule has 3 heteroatoms. The molecular formula is C19H17NO2. The standard InChI is InChI=1S/C19H17NO2/c1-12(2)13-7-9-14(10-8-13)18-11-16(19(21)22)15-5-3-4-6-17(15)20-18/h3-12H,1-2H3,(H,21,22). The first-order chi connectivity index (χ1) is 10.6. The quantitative estimate of drug-likeness (QED) is 0.759. The first-order valence-corrected chi connectivity index (χ1v) is 7.29. The Morgan fingerprint density at radius 3 is 2.36 bits per heavy atom. The van der Waals surface area contributed by atoms with Crippen molar-refractivity contribution in [3.05, 3.63) is 65.7 Å². The molecule has 0 amide bonds. The highest BCUT2D eigenvalue weighted by Crippen LogP contribution is 2.26. The van der Waals surface area contributed by atoms with Crippen LogP contribution in [-0.4, -0.2) is 16.1 Å². The van der Waals surface area contributed by atoms with Gasteiger partial charge >= 0.3 is 5.97 Å². The summed E-state index contributed by atoms with van der Waals surface area (Å²) in [4.78, 5) is 16.1. The van der Waals surface area contributed by atoms with Crippen LogP contribution in [0.15, 0.2) is 54.6 Å². The minimum atomic E-state index is -0.932. The third kappa shape index (κ3) is 2.58. The lowest BCUT2D eigenvalue weighted by molar-refractivity contribution is 0.0699. The molecule has 1 N–H and O–H groups in total. The van der Waals surface area contributed by atoms with E-state index >= 15 is 0 Å². The van der Waals surface area contributed by atoms with Crippen LogP contribution in [0.2, 0.25) is 0 Å². The second-order valence-corrected chi connectivity index (χ2v) is 5.65. The van der Waals surface area contributed by atoms with Gasteiger partial charge in [0.2, 0.25) is 0 Å². The van der Waals surface area contributed by atoms with Gasteiger partial charge in [-0.15, -0.1) is 0 Å². The van der Waals surface area contributed by atoms with Crippen LogP contribution < -0.4 is 0 Å². The van der Waals surface area contributed by atoms with E-state index in [1.54, 1.807) is 12.1 Å². The molecule has 0 radical (unpaired) electrons. The van der Waals surface area contributed by atoms with Crippen LogP contribution in [0.4, 0.5) is 0 Å². The van der Waals surface area contributed by atoms with E-state index in [9.17, 15) is 9.90 Å². The van der Waals surface area contributed by atoms with Crippen LogP contribution in [0.5, 0.6) is 0 Å². The SMILES string of the molecule is CC(C)c1ccc(-c2cc(C(=O)O)c3ccccc3n2)cc1. The molecule has 0 aliphatic carbocycles. The van der Waals surface area contributed by atoms with Gasteiger partial charge in [0, 0.05) is 10.9 Å². The Bertz CT molecular complexity index is 836. The Labute approximate surface area is 129 Å².